The molecule has 1 heterocycles. The Kier molecular flexibility index (Phi) is 4.00. The Morgan fingerprint density at radius 2 is 2.17 bits per heavy atom. The summed E-state index contributed by atoms with van der Waals surface area (Å²) in [5.41, 5.74) is 1.27. The minimum absolute atomic E-state index is 0.0239. The summed E-state index contributed by atoms with van der Waals surface area (Å²) >= 11 is 0. The van der Waals surface area contributed by atoms with Gasteiger partial charge in [-0.15, -0.1) is 0 Å². The summed E-state index contributed by atoms with van der Waals surface area (Å²) in [6.07, 6.45) is 4.28. The van der Waals surface area contributed by atoms with Crippen molar-refractivity contribution in [2.75, 3.05) is 6.54 Å². The van der Waals surface area contributed by atoms with Crippen LogP contribution in [0.15, 0.2) is 18.2 Å². The molecule has 2 nitrogen and oxygen atoms in total. The third-order valence-corrected chi connectivity index (χ3v) is 3.65. The van der Waals surface area contributed by atoms with Gasteiger partial charge < -0.3 is 4.90 Å². The quantitative estimate of drug-likeness (QED) is 0.785. The van der Waals surface area contributed by atoms with Gasteiger partial charge in [-0.1, -0.05) is 6.92 Å². The molecule has 0 spiro atoms. The fourth-order valence-electron chi connectivity index (χ4n) is 2.72. The first-order valence-electron chi connectivity index (χ1n) is 6.70. The summed E-state index contributed by atoms with van der Waals surface area (Å²) in [7, 11) is 0. The molecule has 98 valence electrons. The van der Waals surface area contributed by atoms with E-state index < -0.39 is 0 Å². The van der Waals surface area contributed by atoms with Gasteiger partial charge in [-0.2, -0.15) is 0 Å². The zero-order valence-electron chi connectivity index (χ0n) is 11.1. The van der Waals surface area contributed by atoms with Gasteiger partial charge in [0.25, 0.3) is 5.91 Å². The van der Waals surface area contributed by atoms with Crippen molar-refractivity contribution >= 4 is 5.91 Å². The number of aryl methyl sites for hydroxylation is 1. The highest BCUT2D eigenvalue weighted by molar-refractivity contribution is 5.94. The van der Waals surface area contributed by atoms with Gasteiger partial charge in [0.15, 0.2) is 0 Å². The van der Waals surface area contributed by atoms with E-state index in [9.17, 15) is 9.18 Å². The molecule has 18 heavy (non-hydrogen) atoms. The molecule has 0 radical (unpaired) electrons. The number of likely N-dealkylation sites (tertiary alicyclic amines) is 1. The van der Waals surface area contributed by atoms with Gasteiger partial charge in [0.05, 0.1) is 0 Å². The fraction of sp³-hybridized carbons (Fsp3) is 0.533. The Morgan fingerprint density at radius 3 is 2.83 bits per heavy atom. The van der Waals surface area contributed by atoms with Gasteiger partial charge in [-0.25, -0.2) is 4.39 Å². The molecule has 3 heteroatoms. The Bertz CT molecular complexity index is 424. The van der Waals surface area contributed by atoms with Gasteiger partial charge in [-0.05, 0) is 56.4 Å². The van der Waals surface area contributed by atoms with Crippen LogP contribution in [0, 0.1) is 12.7 Å². The van der Waals surface area contributed by atoms with Crippen LogP contribution in [-0.2, 0) is 0 Å². The number of hydrogen-bond acceptors (Lipinski definition) is 1. The lowest BCUT2D eigenvalue weighted by Gasteiger charge is -2.35. The molecule has 1 aliphatic rings. The number of nitrogens with zero attached hydrogens (tertiary/aromatic N) is 1. The summed E-state index contributed by atoms with van der Waals surface area (Å²) < 4.78 is 13.4. The van der Waals surface area contributed by atoms with Crippen LogP contribution in [0.5, 0.6) is 0 Å². The summed E-state index contributed by atoms with van der Waals surface area (Å²) in [4.78, 5) is 14.3. The molecule has 1 atom stereocenters. The topological polar surface area (TPSA) is 20.3 Å². The standard InChI is InChI=1S/C15H20FNO/c1-3-14-6-4-5-7-17(14)15(18)12-8-11(2)9-13(16)10-12/h8-10,14H,3-7H2,1-2H3. The van der Waals surface area contributed by atoms with Gasteiger partial charge in [0.1, 0.15) is 5.82 Å². The van der Waals surface area contributed by atoms with Crippen molar-refractivity contribution in [1.82, 2.24) is 4.90 Å². The lowest BCUT2D eigenvalue weighted by molar-refractivity contribution is 0.0607. The molecule has 1 fully saturated rings. The van der Waals surface area contributed by atoms with Crippen LogP contribution in [0.25, 0.3) is 0 Å². The monoisotopic (exact) mass is 249 g/mol. The highest BCUT2D eigenvalue weighted by atomic mass is 19.1. The normalized spacial score (nSPS) is 19.9. The number of amides is 1. The van der Waals surface area contributed by atoms with E-state index in [0.29, 0.717) is 11.6 Å². The van der Waals surface area contributed by atoms with Crippen molar-refractivity contribution in [3.63, 3.8) is 0 Å². The molecule has 1 amide bonds. The van der Waals surface area contributed by atoms with E-state index in [1.165, 1.54) is 18.6 Å². The van der Waals surface area contributed by atoms with Crippen LogP contribution in [0.4, 0.5) is 4.39 Å². The van der Waals surface area contributed by atoms with Gasteiger partial charge in [0.2, 0.25) is 0 Å². The van der Waals surface area contributed by atoms with Crippen molar-refractivity contribution in [2.45, 2.75) is 45.6 Å². The Labute approximate surface area is 108 Å². The largest absolute Gasteiger partial charge is 0.336 e. The summed E-state index contributed by atoms with van der Waals surface area (Å²) in [5, 5.41) is 0. The Morgan fingerprint density at radius 1 is 1.39 bits per heavy atom. The van der Waals surface area contributed by atoms with E-state index in [2.05, 4.69) is 6.92 Å². The Balaban J connectivity index is 2.23. The van der Waals surface area contributed by atoms with Crippen molar-refractivity contribution < 1.29 is 9.18 Å². The van der Waals surface area contributed by atoms with E-state index >= 15 is 0 Å². The molecule has 0 aromatic heterocycles. The second-order valence-electron chi connectivity index (χ2n) is 5.07. The molecular weight excluding hydrogens is 229 g/mol. The maximum Gasteiger partial charge on any atom is 0.254 e. The molecule has 0 saturated carbocycles. The molecule has 0 N–H and O–H groups in total. The minimum atomic E-state index is -0.330. The number of halogens is 1. The third-order valence-electron chi connectivity index (χ3n) is 3.65. The molecule has 1 aliphatic heterocycles. The lowest BCUT2D eigenvalue weighted by Crippen LogP contribution is -2.43. The average molecular weight is 249 g/mol. The first kappa shape index (κ1) is 13.1. The van der Waals surface area contributed by atoms with Crippen molar-refractivity contribution in [2.24, 2.45) is 0 Å². The number of benzene rings is 1. The average Bonchev–Trinajstić information content (AvgIpc) is 2.36. The second kappa shape index (κ2) is 5.51. The fourth-order valence-corrected chi connectivity index (χ4v) is 2.72. The van der Waals surface area contributed by atoms with Crippen molar-refractivity contribution in [3.8, 4) is 0 Å². The summed E-state index contributed by atoms with van der Waals surface area (Å²) in [5.74, 6) is -0.354. The first-order valence-corrected chi connectivity index (χ1v) is 6.70. The predicted octanol–water partition coefficient (Wildman–Crippen LogP) is 3.54. The van der Waals surface area contributed by atoms with Crippen LogP contribution in [0.1, 0.15) is 48.5 Å². The third kappa shape index (κ3) is 2.71. The zero-order chi connectivity index (χ0) is 13.1. The number of carbonyl (C=O) groups is 1. The highest BCUT2D eigenvalue weighted by Gasteiger charge is 2.26. The molecule has 1 saturated heterocycles. The molecule has 0 aliphatic carbocycles. The number of piperidine rings is 1. The van der Waals surface area contributed by atoms with Gasteiger partial charge in [-0.3, -0.25) is 4.79 Å². The first-order chi connectivity index (χ1) is 8.61. The van der Waals surface area contributed by atoms with E-state index in [4.69, 9.17) is 0 Å². The molecule has 1 unspecified atom stereocenters. The maximum atomic E-state index is 13.4. The van der Waals surface area contributed by atoms with E-state index in [0.717, 1.165) is 31.4 Å². The van der Waals surface area contributed by atoms with Crippen LogP contribution in [0.2, 0.25) is 0 Å². The molecule has 1 aromatic carbocycles. The molecular formula is C15H20FNO. The van der Waals surface area contributed by atoms with E-state index in [1.54, 1.807) is 6.07 Å². The van der Waals surface area contributed by atoms with Crippen molar-refractivity contribution in [3.05, 3.63) is 35.1 Å². The molecule has 1 aromatic rings. The van der Waals surface area contributed by atoms with Crippen LogP contribution in [-0.4, -0.2) is 23.4 Å². The number of rotatable bonds is 2. The lowest BCUT2D eigenvalue weighted by atomic mass is 9.98. The molecule has 0 bridgehead atoms. The van der Waals surface area contributed by atoms with E-state index in [-0.39, 0.29) is 11.7 Å². The highest BCUT2D eigenvalue weighted by Crippen LogP contribution is 2.22. The van der Waals surface area contributed by atoms with Crippen LogP contribution in [0.3, 0.4) is 0 Å². The van der Waals surface area contributed by atoms with Crippen molar-refractivity contribution in [1.29, 1.82) is 0 Å². The summed E-state index contributed by atoms with van der Waals surface area (Å²) in [6.45, 7) is 4.72. The molecule has 2 rings (SSSR count). The number of hydrogen-bond donors (Lipinski definition) is 0. The maximum absolute atomic E-state index is 13.4. The van der Waals surface area contributed by atoms with Gasteiger partial charge >= 0.3 is 0 Å². The van der Waals surface area contributed by atoms with Crippen LogP contribution < -0.4 is 0 Å². The smallest absolute Gasteiger partial charge is 0.254 e. The van der Waals surface area contributed by atoms with Crippen LogP contribution >= 0.6 is 0 Å². The summed E-state index contributed by atoms with van der Waals surface area (Å²) in [6, 6.07) is 4.88. The second-order valence-corrected chi connectivity index (χ2v) is 5.07. The zero-order valence-corrected chi connectivity index (χ0v) is 11.1. The van der Waals surface area contributed by atoms with E-state index in [1.807, 2.05) is 11.8 Å². The SMILES string of the molecule is CCC1CCCCN1C(=O)c1cc(C)cc(F)c1. The minimum Gasteiger partial charge on any atom is -0.336 e. The Hall–Kier alpha value is -1.38. The number of carbonyl (C=O) groups excluding carboxylic acids is 1. The predicted molar refractivity (Wildman–Crippen MR) is 70.1 cm³/mol. The van der Waals surface area contributed by atoms with Gasteiger partial charge in [0, 0.05) is 18.2 Å².